The van der Waals surface area contributed by atoms with Gasteiger partial charge in [0.1, 0.15) is 0 Å². The van der Waals surface area contributed by atoms with Crippen LogP contribution in [0.4, 0.5) is 0 Å². The van der Waals surface area contributed by atoms with Crippen molar-refractivity contribution in [1.29, 1.82) is 0 Å². The molecule has 3 heteroatoms. The van der Waals surface area contributed by atoms with Gasteiger partial charge in [0.25, 0.3) is 0 Å². The van der Waals surface area contributed by atoms with E-state index >= 15 is 0 Å². The van der Waals surface area contributed by atoms with Crippen LogP contribution < -0.4 is 0 Å². The molecular weight excluding hydrogens is 234 g/mol. The second kappa shape index (κ2) is 4.80. The molecule has 2 aromatic rings. The molecule has 0 spiro atoms. The summed E-state index contributed by atoms with van der Waals surface area (Å²) in [6.45, 7) is 13.0. The summed E-state index contributed by atoms with van der Waals surface area (Å²) >= 11 is 0. The van der Waals surface area contributed by atoms with E-state index in [-0.39, 0.29) is 5.41 Å². The van der Waals surface area contributed by atoms with Crippen LogP contribution in [-0.2, 0) is 5.41 Å². The quantitative estimate of drug-likeness (QED) is 0.814. The zero-order valence-corrected chi connectivity index (χ0v) is 12.7. The lowest BCUT2D eigenvalue weighted by molar-refractivity contribution is 0.566. The summed E-state index contributed by atoms with van der Waals surface area (Å²) in [6.07, 6.45) is 2.03. The van der Waals surface area contributed by atoms with Crippen molar-refractivity contribution in [2.45, 2.75) is 52.9 Å². The van der Waals surface area contributed by atoms with E-state index in [1.807, 2.05) is 10.9 Å². The van der Waals surface area contributed by atoms with Gasteiger partial charge in [0, 0.05) is 5.41 Å². The number of aromatic nitrogens is 3. The van der Waals surface area contributed by atoms with Crippen molar-refractivity contribution in [1.82, 2.24) is 15.0 Å². The van der Waals surface area contributed by atoms with Crippen molar-refractivity contribution in [3.8, 4) is 5.69 Å². The first-order valence-corrected chi connectivity index (χ1v) is 6.83. The van der Waals surface area contributed by atoms with Crippen molar-refractivity contribution < 1.29 is 0 Å². The third-order valence-electron chi connectivity index (χ3n) is 3.40. The smallest absolute Gasteiger partial charge is 0.0885 e. The molecule has 0 unspecified atom stereocenters. The maximum Gasteiger partial charge on any atom is 0.0885 e. The highest BCUT2D eigenvalue weighted by Gasteiger charge is 2.18. The fourth-order valence-electron chi connectivity index (χ4n) is 2.02. The average molecular weight is 257 g/mol. The number of hydrogen-bond acceptors (Lipinski definition) is 2. The van der Waals surface area contributed by atoms with Gasteiger partial charge in [0.2, 0.25) is 0 Å². The zero-order valence-electron chi connectivity index (χ0n) is 12.7. The Morgan fingerprint density at radius 3 is 2.32 bits per heavy atom. The molecule has 0 fully saturated rings. The normalized spacial score (nSPS) is 12.2. The van der Waals surface area contributed by atoms with Gasteiger partial charge in [0.05, 0.1) is 17.6 Å². The van der Waals surface area contributed by atoms with Crippen LogP contribution in [0, 0.1) is 6.92 Å². The molecule has 3 nitrogen and oxygen atoms in total. The molecule has 0 saturated heterocycles. The predicted octanol–water partition coefficient (Wildman–Crippen LogP) is 4.00. The number of nitrogens with zero attached hydrogens (tertiary/aromatic N) is 3. The Bertz CT molecular complexity index is 574. The monoisotopic (exact) mass is 257 g/mol. The van der Waals surface area contributed by atoms with Crippen LogP contribution in [0.25, 0.3) is 5.69 Å². The Balaban J connectivity index is 2.40. The van der Waals surface area contributed by atoms with Crippen LogP contribution in [0.15, 0.2) is 24.4 Å². The average Bonchev–Trinajstić information content (AvgIpc) is 2.77. The summed E-state index contributed by atoms with van der Waals surface area (Å²) in [5.74, 6) is 0.550. The van der Waals surface area contributed by atoms with Gasteiger partial charge < -0.3 is 0 Å². The highest BCUT2D eigenvalue weighted by atomic mass is 15.4. The Kier molecular flexibility index (Phi) is 3.48. The third-order valence-corrected chi connectivity index (χ3v) is 3.40. The summed E-state index contributed by atoms with van der Waals surface area (Å²) < 4.78 is 1.88. The molecular formula is C16H23N3. The Hall–Kier alpha value is -1.64. The molecule has 19 heavy (non-hydrogen) atoms. The SMILES string of the molecule is Cc1cc(C(C)C)ccc1-n1cc(C(C)(C)C)nn1. The fraction of sp³-hybridized carbons (Fsp3) is 0.500. The van der Waals surface area contributed by atoms with Crippen molar-refractivity contribution in [2.75, 3.05) is 0 Å². The number of benzene rings is 1. The minimum absolute atomic E-state index is 0.0318. The van der Waals surface area contributed by atoms with Crippen LogP contribution in [0.5, 0.6) is 0 Å². The Morgan fingerprint density at radius 2 is 1.84 bits per heavy atom. The molecule has 1 heterocycles. The van der Waals surface area contributed by atoms with Gasteiger partial charge in [-0.15, -0.1) is 5.10 Å². The molecule has 0 saturated carbocycles. The molecule has 102 valence electrons. The van der Waals surface area contributed by atoms with Crippen LogP contribution >= 0.6 is 0 Å². The predicted molar refractivity (Wildman–Crippen MR) is 78.9 cm³/mol. The molecule has 2 rings (SSSR count). The fourth-order valence-corrected chi connectivity index (χ4v) is 2.02. The van der Waals surface area contributed by atoms with Gasteiger partial charge in [-0.3, -0.25) is 0 Å². The summed E-state index contributed by atoms with van der Waals surface area (Å²) in [5.41, 5.74) is 4.74. The second-order valence-corrected chi connectivity index (χ2v) is 6.50. The highest BCUT2D eigenvalue weighted by molar-refractivity contribution is 5.43. The highest BCUT2D eigenvalue weighted by Crippen LogP contribution is 2.23. The van der Waals surface area contributed by atoms with E-state index in [4.69, 9.17) is 0 Å². The molecule has 0 N–H and O–H groups in total. The van der Waals surface area contributed by atoms with E-state index in [0.717, 1.165) is 11.4 Å². The van der Waals surface area contributed by atoms with Gasteiger partial charge in [0.15, 0.2) is 0 Å². The van der Waals surface area contributed by atoms with Gasteiger partial charge in [-0.2, -0.15) is 0 Å². The number of hydrogen-bond donors (Lipinski definition) is 0. The van der Waals surface area contributed by atoms with Crippen molar-refractivity contribution in [3.63, 3.8) is 0 Å². The minimum Gasteiger partial charge on any atom is -0.220 e. The second-order valence-electron chi connectivity index (χ2n) is 6.50. The topological polar surface area (TPSA) is 30.7 Å². The van der Waals surface area contributed by atoms with Crippen LogP contribution in [0.2, 0.25) is 0 Å². The standard InChI is InChI=1S/C16H23N3/c1-11(2)13-7-8-14(12(3)9-13)19-10-15(17-18-19)16(4,5)6/h7-11H,1-6H3. The van der Waals surface area contributed by atoms with E-state index in [1.165, 1.54) is 11.1 Å². The van der Waals surface area contributed by atoms with Gasteiger partial charge in [-0.05, 0) is 30.0 Å². The minimum atomic E-state index is 0.0318. The summed E-state index contributed by atoms with van der Waals surface area (Å²) in [6, 6.07) is 6.54. The summed E-state index contributed by atoms with van der Waals surface area (Å²) in [4.78, 5) is 0. The molecule has 0 amide bonds. The lowest BCUT2D eigenvalue weighted by atomic mass is 9.93. The molecule has 0 aliphatic rings. The van der Waals surface area contributed by atoms with Crippen LogP contribution in [0.1, 0.15) is 57.4 Å². The molecule has 0 bridgehead atoms. The van der Waals surface area contributed by atoms with Crippen molar-refractivity contribution in [3.05, 3.63) is 41.2 Å². The summed E-state index contributed by atoms with van der Waals surface area (Å²) in [7, 11) is 0. The molecule has 0 atom stereocenters. The van der Waals surface area contributed by atoms with Gasteiger partial charge >= 0.3 is 0 Å². The molecule has 1 aromatic carbocycles. The lowest BCUT2D eigenvalue weighted by Gasteiger charge is -2.13. The largest absolute Gasteiger partial charge is 0.220 e. The molecule has 0 aliphatic carbocycles. The first-order chi connectivity index (χ1) is 8.79. The van der Waals surface area contributed by atoms with Crippen LogP contribution in [-0.4, -0.2) is 15.0 Å². The van der Waals surface area contributed by atoms with E-state index < -0.39 is 0 Å². The van der Waals surface area contributed by atoms with E-state index in [9.17, 15) is 0 Å². The number of aryl methyl sites for hydroxylation is 1. The number of rotatable bonds is 2. The van der Waals surface area contributed by atoms with Crippen LogP contribution in [0.3, 0.4) is 0 Å². The van der Waals surface area contributed by atoms with E-state index in [0.29, 0.717) is 5.92 Å². The first-order valence-electron chi connectivity index (χ1n) is 6.83. The Morgan fingerprint density at radius 1 is 1.16 bits per heavy atom. The van der Waals surface area contributed by atoms with E-state index in [1.54, 1.807) is 0 Å². The van der Waals surface area contributed by atoms with E-state index in [2.05, 4.69) is 70.1 Å². The van der Waals surface area contributed by atoms with Gasteiger partial charge in [-0.1, -0.05) is 52.0 Å². The molecule has 0 aliphatic heterocycles. The lowest BCUT2D eigenvalue weighted by Crippen LogP contribution is -2.11. The summed E-state index contributed by atoms with van der Waals surface area (Å²) in [5, 5.41) is 8.53. The zero-order chi connectivity index (χ0) is 14.2. The molecule has 0 radical (unpaired) electrons. The van der Waals surface area contributed by atoms with Crippen molar-refractivity contribution in [2.24, 2.45) is 0 Å². The molecule has 1 aromatic heterocycles. The first kappa shape index (κ1) is 13.8. The van der Waals surface area contributed by atoms with Crippen molar-refractivity contribution >= 4 is 0 Å². The van der Waals surface area contributed by atoms with Gasteiger partial charge in [-0.25, -0.2) is 4.68 Å². The third kappa shape index (κ3) is 2.86. The maximum atomic E-state index is 4.28. The maximum absolute atomic E-state index is 4.28. The Labute approximate surface area is 115 Å².